The van der Waals surface area contributed by atoms with Crippen LogP contribution in [-0.4, -0.2) is 88.8 Å². The van der Waals surface area contributed by atoms with E-state index in [4.69, 9.17) is 4.74 Å². The van der Waals surface area contributed by atoms with Crippen LogP contribution in [0.4, 0.5) is 9.18 Å². The number of hydrazine groups is 1. The maximum Gasteiger partial charge on any atom is 0.334 e. The molecule has 0 spiro atoms. The normalized spacial score (nSPS) is 24.1. The Bertz CT molecular complexity index is 1140. The summed E-state index contributed by atoms with van der Waals surface area (Å²) in [4.78, 5) is 44.2. The molecule has 2 aromatic rings. The van der Waals surface area contributed by atoms with Crippen molar-refractivity contribution in [2.24, 2.45) is 0 Å². The van der Waals surface area contributed by atoms with Gasteiger partial charge in [-0.1, -0.05) is 49.4 Å². The first kappa shape index (κ1) is 26.1. The van der Waals surface area contributed by atoms with Gasteiger partial charge in [0.05, 0.1) is 19.2 Å². The lowest BCUT2D eigenvalue weighted by Crippen LogP contribution is -2.77. The van der Waals surface area contributed by atoms with Crippen molar-refractivity contribution in [3.63, 3.8) is 0 Å². The van der Waals surface area contributed by atoms with Crippen LogP contribution in [0.25, 0.3) is 0 Å². The van der Waals surface area contributed by atoms with Crippen molar-refractivity contribution in [2.45, 2.75) is 51.0 Å². The van der Waals surface area contributed by atoms with Gasteiger partial charge in [0.25, 0.3) is 0 Å². The SMILES string of the molecule is CCN1CC(=O)N2[C@@H](Cc3ccccc3)C(=O)N(CC3CCCO3)C[C@@H]2N1C(=O)NCc1ccc(F)cc1. The average molecular weight is 524 g/mol. The molecule has 1 unspecified atom stereocenters. The van der Waals surface area contributed by atoms with Crippen LogP contribution < -0.4 is 5.32 Å². The molecule has 3 fully saturated rings. The molecule has 9 nitrogen and oxygen atoms in total. The molecule has 10 heteroatoms. The van der Waals surface area contributed by atoms with Crippen molar-refractivity contribution < 1.29 is 23.5 Å². The van der Waals surface area contributed by atoms with Gasteiger partial charge >= 0.3 is 6.03 Å². The van der Waals surface area contributed by atoms with Crippen molar-refractivity contribution in [3.8, 4) is 0 Å². The van der Waals surface area contributed by atoms with Crippen LogP contribution >= 0.6 is 0 Å². The molecule has 2 aromatic carbocycles. The van der Waals surface area contributed by atoms with Gasteiger partial charge in [0.1, 0.15) is 18.0 Å². The number of amides is 4. The maximum absolute atomic E-state index is 13.8. The first-order chi connectivity index (χ1) is 18.4. The van der Waals surface area contributed by atoms with E-state index >= 15 is 0 Å². The molecular formula is C28H34FN5O4. The molecule has 0 saturated carbocycles. The lowest BCUT2D eigenvalue weighted by Gasteiger charge is -2.55. The number of halogens is 1. The largest absolute Gasteiger partial charge is 0.376 e. The highest BCUT2D eigenvalue weighted by atomic mass is 19.1. The van der Waals surface area contributed by atoms with E-state index in [2.05, 4.69) is 5.32 Å². The molecule has 3 aliphatic heterocycles. The average Bonchev–Trinajstić information content (AvgIpc) is 3.44. The fourth-order valence-electron chi connectivity index (χ4n) is 5.56. The zero-order chi connectivity index (χ0) is 26.6. The lowest BCUT2D eigenvalue weighted by molar-refractivity contribution is -0.190. The number of hydrogen-bond acceptors (Lipinski definition) is 5. The van der Waals surface area contributed by atoms with Crippen LogP contribution in [0.15, 0.2) is 54.6 Å². The number of ether oxygens (including phenoxy) is 1. The number of nitrogens with zero attached hydrogens (tertiary/aromatic N) is 4. The Labute approximate surface area is 222 Å². The molecule has 0 bridgehead atoms. The predicted octanol–water partition coefficient (Wildman–Crippen LogP) is 2.38. The molecule has 0 radical (unpaired) electrons. The summed E-state index contributed by atoms with van der Waals surface area (Å²) < 4.78 is 19.1. The zero-order valence-corrected chi connectivity index (χ0v) is 21.6. The van der Waals surface area contributed by atoms with Gasteiger partial charge in [-0.25, -0.2) is 19.2 Å². The number of fused-ring (bicyclic) bond motifs is 1. The van der Waals surface area contributed by atoms with Gasteiger partial charge < -0.3 is 19.9 Å². The molecule has 0 aromatic heterocycles. The van der Waals surface area contributed by atoms with Crippen LogP contribution in [0.3, 0.4) is 0 Å². The second-order valence-corrected chi connectivity index (χ2v) is 9.98. The molecular weight excluding hydrogens is 489 g/mol. The fourth-order valence-corrected chi connectivity index (χ4v) is 5.56. The van der Waals surface area contributed by atoms with Crippen molar-refractivity contribution in [1.29, 1.82) is 0 Å². The van der Waals surface area contributed by atoms with Crippen molar-refractivity contribution in [3.05, 3.63) is 71.5 Å². The molecule has 3 aliphatic rings. The number of hydrogen-bond donors (Lipinski definition) is 1. The molecule has 0 aliphatic carbocycles. The van der Waals surface area contributed by atoms with E-state index in [9.17, 15) is 18.8 Å². The number of rotatable bonds is 7. The van der Waals surface area contributed by atoms with Gasteiger partial charge in [0.15, 0.2) is 0 Å². The highest BCUT2D eigenvalue weighted by Crippen LogP contribution is 2.29. The number of likely N-dealkylation sites (N-methyl/N-ethyl adjacent to an activating group) is 1. The van der Waals surface area contributed by atoms with Gasteiger partial charge in [-0.15, -0.1) is 0 Å². The van der Waals surface area contributed by atoms with Crippen molar-refractivity contribution >= 4 is 17.8 Å². The van der Waals surface area contributed by atoms with Gasteiger partial charge in [-0.2, -0.15) is 0 Å². The van der Waals surface area contributed by atoms with Crippen LogP contribution in [-0.2, 0) is 27.3 Å². The van der Waals surface area contributed by atoms with E-state index in [-0.39, 0.29) is 49.4 Å². The summed E-state index contributed by atoms with van der Waals surface area (Å²) in [6, 6.07) is 14.5. The van der Waals surface area contributed by atoms with Gasteiger partial charge in [0, 0.05) is 32.7 Å². The Balaban J connectivity index is 1.43. The number of benzene rings is 2. The van der Waals surface area contributed by atoms with E-state index in [1.165, 1.54) is 12.1 Å². The summed E-state index contributed by atoms with van der Waals surface area (Å²) in [6.45, 7) is 3.86. The van der Waals surface area contributed by atoms with E-state index in [1.807, 2.05) is 37.3 Å². The standard InChI is InChI=1S/C28H34FN5O4/c1-2-32-19-26(35)33-24(15-20-7-4-3-5-8-20)27(36)31(17-23-9-6-14-38-23)18-25(33)34(32)28(37)30-16-21-10-12-22(29)13-11-21/h3-5,7-8,10-13,23-25H,2,6,9,14-19H2,1H3,(H,30,37)/t23?,24-,25-/m0/s1. The molecule has 38 heavy (non-hydrogen) atoms. The van der Waals surface area contributed by atoms with Crippen molar-refractivity contribution in [1.82, 2.24) is 25.1 Å². The van der Waals surface area contributed by atoms with Crippen LogP contribution in [0.2, 0.25) is 0 Å². The third kappa shape index (κ3) is 5.51. The Morgan fingerprint density at radius 2 is 1.84 bits per heavy atom. The Hall–Kier alpha value is -3.50. The fraction of sp³-hybridized carbons (Fsp3) is 0.464. The van der Waals surface area contributed by atoms with E-state index in [0.717, 1.165) is 24.0 Å². The van der Waals surface area contributed by atoms with E-state index < -0.39 is 12.2 Å². The lowest BCUT2D eigenvalue weighted by atomic mass is 9.98. The minimum atomic E-state index is -0.726. The second kappa shape index (κ2) is 11.5. The molecule has 1 N–H and O–H groups in total. The third-order valence-electron chi connectivity index (χ3n) is 7.48. The molecule has 3 heterocycles. The maximum atomic E-state index is 13.8. The Morgan fingerprint density at radius 3 is 2.53 bits per heavy atom. The van der Waals surface area contributed by atoms with Gasteiger partial charge in [-0.05, 0) is 36.1 Å². The number of urea groups is 1. The number of carbonyl (C=O) groups excluding carboxylic acids is 3. The third-order valence-corrected chi connectivity index (χ3v) is 7.48. The highest BCUT2D eigenvalue weighted by Gasteiger charge is 2.51. The number of piperazine rings is 1. The summed E-state index contributed by atoms with van der Waals surface area (Å²) in [7, 11) is 0. The number of carbonyl (C=O) groups is 3. The zero-order valence-electron chi connectivity index (χ0n) is 21.6. The summed E-state index contributed by atoms with van der Waals surface area (Å²) in [5, 5.41) is 6.23. The minimum absolute atomic E-state index is 0.00126. The highest BCUT2D eigenvalue weighted by molar-refractivity contribution is 5.91. The minimum Gasteiger partial charge on any atom is -0.376 e. The molecule has 5 rings (SSSR count). The molecule has 3 saturated heterocycles. The van der Waals surface area contributed by atoms with Crippen molar-refractivity contribution in [2.75, 3.05) is 32.8 Å². The van der Waals surface area contributed by atoms with Crippen LogP contribution in [0.1, 0.15) is 30.9 Å². The first-order valence-corrected chi connectivity index (χ1v) is 13.3. The smallest absolute Gasteiger partial charge is 0.334 e. The summed E-state index contributed by atoms with van der Waals surface area (Å²) in [5.41, 5.74) is 1.70. The van der Waals surface area contributed by atoms with Gasteiger partial charge in [-0.3, -0.25) is 9.59 Å². The van der Waals surface area contributed by atoms with E-state index in [1.54, 1.807) is 32.0 Å². The molecule has 4 amide bonds. The monoisotopic (exact) mass is 523 g/mol. The Kier molecular flexibility index (Phi) is 7.90. The Morgan fingerprint density at radius 1 is 1.08 bits per heavy atom. The molecule has 202 valence electrons. The first-order valence-electron chi connectivity index (χ1n) is 13.3. The van der Waals surface area contributed by atoms with Crippen LogP contribution in [0, 0.1) is 5.82 Å². The van der Waals surface area contributed by atoms with Gasteiger partial charge in [0.2, 0.25) is 11.8 Å². The van der Waals surface area contributed by atoms with E-state index in [0.29, 0.717) is 26.1 Å². The molecule has 3 atom stereocenters. The second-order valence-electron chi connectivity index (χ2n) is 9.98. The van der Waals surface area contributed by atoms with Crippen LogP contribution in [0.5, 0.6) is 0 Å². The topological polar surface area (TPSA) is 85.4 Å². The summed E-state index contributed by atoms with van der Waals surface area (Å²) >= 11 is 0. The quantitative estimate of drug-likeness (QED) is 0.603. The number of nitrogens with one attached hydrogen (secondary N) is 1. The predicted molar refractivity (Wildman–Crippen MR) is 138 cm³/mol. The summed E-state index contributed by atoms with van der Waals surface area (Å²) in [6.07, 6.45) is 1.49. The summed E-state index contributed by atoms with van der Waals surface area (Å²) in [5.74, 6) is -0.638.